The van der Waals surface area contributed by atoms with Gasteiger partial charge in [0.1, 0.15) is 25.0 Å². The third kappa shape index (κ3) is 4.46. The lowest BCUT2D eigenvalue weighted by Crippen LogP contribution is -2.40. The van der Waals surface area contributed by atoms with Gasteiger partial charge in [0, 0.05) is 6.54 Å². The van der Waals surface area contributed by atoms with E-state index in [9.17, 15) is 4.79 Å². The predicted octanol–water partition coefficient (Wildman–Crippen LogP) is 3.23. The number of rotatable bonds is 6. The van der Waals surface area contributed by atoms with E-state index in [2.05, 4.69) is 37.9 Å². The molecule has 2 aliphatic heterocycles. The summed E-state index contributed by atoms with van der Waals surface area (Å²) >= 11 is 0. The maximum absolute atomic E-state index is 12.1. The summed E-state index contributed by atoms with van der Waals surface area (Å²) in [5.74, 6) is 1.64. The fourth-order valence-electron chi connectivity index (χ4n) is 3.78. The quantitative estimate of drug-likeness (QED) is 0.793. The van der Waals surface area contributed by atoms with Crippen LogP contribution in [0.2, 0.25) is 0 Å². The summed E-state index contributed by atoms with van der Waals surface area (Å²) < 4.78 is 11.3. The van der Waals surface area contributed by atoms with Gasteiger partial charge in [-0.3, -0.25) is 4.90 Å². The van der Waals surface area contributed by atoms with Gasteiger partial charge < -0.3 is 14.4 Å². The fourth-order valence-corrected chi connectivity index (χ4v) is 3.78. The first-order valence-electron chi connectivity index (χ1n) is 9.35. The molecule has 1 aromatic rings. The Morgan fingerprint density at radius 1 is 1.20 bits per heavy atom. The van der Waals surface area contributed by atoms with Crippen molar-refractivity contribution in [2.45, 2.75) is 39.2 Å². The Labute approximate surface area is 150 Å². The first-order chi connectivity index (χ1) is 12.0. The second-order valence-corrected chi connectivity index (χ2v) is 7.49. The molecule has 2 aliphatic rings. The van der Waals surface area contributed by atoms with Gasteiger partial charge in [-0.15, -0.1) is 0 Å². The third-order valence-electron chi connectivity index (χ3n) is 5.52. The molecule has 5 heteroatoms. The van der Waals surface area contributed by atoms with Crippen LogP contribution < -0.4 is 4.74 Å². The first-order valence-corrected chi connectivity index (χ1v) is 9.35. The van der Waals surface area contributed by atoms with Crippen molar-refractivity contribution in [3.05, 3.63) is 29.3 Å². The molecule has 2 fully saturated rings. The van der Waals surface area contributed by atoms with Gasteiger partial charge >= 0.3 is 6.09 Å². The number of carbonyl (C=O) groups excluding carboxylic acids is 1. The van der Waals surface area contributed by atoms with Crippen molar-refractivity contribution >= 4 is 6.09 Å². The van der Waals surface area contributed by atoms with E-state index in [4.69, 9.17) is 9.47 Å². The number of amides is 1. The number of piperidine rings is 1. The molecule has 138 valence electrons. The van der Waals surface area contributed by atoms with E-state index in [-0.39, 0.29) is 12.1 Å². The molecular weight excluding hydrogens is 316 g/mol. The summed E-state index contributed by atoms with van der Waals surface area (Å²) in [5, 5.41) is 0. The zero-order valence-electron chi connectivity index (χ0n) is 15.7. The highest BCUT2D eigenvalue weighted by atomic mass is 16.6. The highest BCUT2D eigenvalue weighted by molar-refractivity contribution is 5.70. The topological polar surface area (TPSA) is 42.0 Å². The normalized spacial score (nSPS) is 22.3. The number of para-hydroxylation sites is 1. The molecule has 1 atom stereocenters. The molecule has 2 heterocycles. The van der Waals surface area contributed by atoms with Gasteiger partial charge in [-0.25, -0.2) is 4.79 Å². The number of hydrogen-bond donors (Lipinski definition) is 0. The molecule has 0 aromatic heterocycles. The Kier molecular flexibility index (Phi) is 5.84. The van der Waals surface area contributed by atoms with Gasteiger partial charge in [0.15, 0.2) is 0 Å². The van der Waals surface area contributed by atoms with E-state index >= 15 is 0 Å². The average Bonchev–Trinajstić information content (AvgIpc) is 2.94. The van der Waals surface area contributed by atoms with Crippen molar-refractivity contribution < 1.29 is 14.3 Å². The Hall–Kier alpha value is -1.75. The van der Waals surface area contributed by atoms with Crippen molar-refractivity contribution in [3.8, 4) is 5.75 Å². The van der Waals surface area contributed by atoms with E-state index in [1.54, 1.807) is 0 Å². The first kappa shape index (κ1) is 18.1. The van der Waals surface area contributed by atoms with Gasteiger partial charge in [0.25, 0.3) is 0 Å². The lowest BCUT2D eigenvalue weighted by atomic mass is 9.93. The minimum absolute atomic E-state index is 0.0118. The van der Waals surface area contributed by atoms with Crippen LogP contribution >= 0.6 is 0 Å². The van der Waals surface area contributed by atoms with Crippen molar-refractivity contribution in [3.63, 3.8) is 0 Å². The zero-order valence-corrected chi connectivity index (χ0v) is 15.7. The molecule has 25 heavy (non-hydrogen) atoms. The smallest absolute Gasteiger partial charge is 0.410 e. The molecule has 3 rings (SSSR count). The van der Waals surface area contributed by atoms with E-state index in [0.717, 1.165) is 42.9 Å². The molecule has 0 unspecified atom stereocenters. The lowest BCUT2D eigenvalue weighted by Gasteiger charge is -2.30. The van der Waals surface area contributed by atoms with Crippen LogP contribution in [0.1, 0.15) is 30.4 Å². The predicted molar refractivity (Wildman–Crippen MR) is 98.1 cm³/mol. The standard InChI is InChI=1S/C20H30N2O3/c1-15-5-4-6-16(2)19(15)24-13-18-14-25-20(23)22(18)12-9-17-7-10-21(3)11-8-17/h4-6,17-18H,7-14H2,1-3H3/t18-/m1/s1. The van der Waals surface area contributed by atoms with Crippen molar-refractivity contribution in [2.24, 2.45) is 5.92 Å². The van der Waals surface area contributed by atoms with E-state index in [1.165, 1.54) is 12.8 Å². The Bertz CT molecular complexity index is 576. The second-order valence-electron chi connectivity index (χ2n) is 7.49. The average molecular weight is 346 g/mol. The highest BCUT2D eigenvalue weighted by Gasteiger charge is 2.34. The van der Waals surface area contributed by atoms with E-state index in [0.29, 0.717) is 19.1 Å². The highest BCUT2D eigenvalue weighted by Crippen LogP contribution is 2.25. The maximum atomic E-state index is 12.1. The van der Waals surface area contributed by atoms with Crippen molar-refractivity contribution in [2.75, 3.05) is 39.9 Å². The summed E-state index contributed by atoms with van der Waals surface area (Å²) in [7, 11) is 2.18. The van der Waals surface area contributed by atoms with Crippen molar-refractivity contribution in [1.82, 2.24) is 9.80 Å². The Balaban J connectivity index is 1.53. The molecule has 0 aliphatic carbocycles. The monoisotopic (exact) mass is 346 g/mol. The number of hydrogen-bond acceptors (Lipinski definition) is 4. The fraction of sp³-hybridized carbons (Fsp3) is 0.650. The van der Waals surface area contributed by atoms with Gasteiger partial charge in [0.2, 0.25) is 0 Å². The number of benzene rings is 1. The number of carbonyl (C=O) groups is 1. The van der Waals surface area contributed by atoms with Gasteiger partial charge in [-0.05, 0) is 70.3 Å². The van der Waals surface area contributed by atoms with Crippen LogP contribution in [0.5, 0.6) is 5.75 Å². The zero-order chi connectivity index (χ0) is 17.8. The van der Waals surface area contributed by atoms with Gasteiger partial charge in [-0.1, -0.05) is 18.2 Å². The SMILES string of the molecule is Cc1cccc(C)c1OC[C@@H]1COC(=O)N1CCC1CCN(C)CC1. The largest absolute Gasteiger partial charge is 0.491 e. The molecule has 0 bridgehead atoms. The molecule has 0 spiro atoms. The number of ether oxygens (including phenoxy) is 2. The van der Waals surface area contributed by atoms with Crippen LogP contribution in [0.4, 0.5) is 4.79 Å². The van der Waals surface area contributed by atoms with Crippen LogP contribution in [0, 0.1) is 19.8 Å². The summed E-state index contributed by atoms with van der Waals surface area (Å²) in [5.41, 5.74) is 2.26. The van der Waals surface area contributed by atoms with Crippen LogP contribution in [-0.4, -0.2) is 61.8 Å². The molecule has 1 aromatic carbocycles. The minimum Gasteiger partial charge on any atom is -0.491 e. The number of cyclic esters (lactones) is 1. The third-order valence-corrected chi connectivity index (χ3v) is 5.52. The van der Waals surface area contributed by atoms with Crippen molar-refractivity contribution in [1.29, 1.82) is 0 Å². The number of nitrogens with zero attached hydrogens (tertiary/aromatic N) is 2. The molecule has 5 nitrogen and oxygen atoms in total. The van der Waals surface area contributed by atoms with Crippen LogP contribution in [-0.2, 0) is 4.74 Å². The Morgan fingerprint density at radius 3 is 2.56 bits per heavy atom. The second kappa shape index (κ2) is 8.09. The molecule has 1 amide bonds. The van der Waals surface area contributed by atoms with Gasteiger partial charge in [-0.2, -0.15) is 0 Å². The molecule has 0 saturated carbocycles. The summed E-state index contributed by atoms with van der Waals surface area (Å²) in [6.07, 6.45) is 3.32. The number of aryl methyl sites for hydroxylation is 2. The molecule has 0 N–H and O–H groups in total. The van der Waals surface area contributed by atoms with Gasteiger partial charge in [0.05, 0.1) is 0 Å². The molecule has 2 saturated heterocycles. The summed E-state index contributed by atoms with van der Waals surface area (Å²) in [6.45, 7) is 8.12. The van der Waals surface area contributed by atoms with E-state index in [1.807, 2.05) is 11.0 Å². The lowest BCUT2D eigenvalue weighted by molar-refractivity contribution is 0.146. The summed E-state index contributed by atoms with van der Waals surface area (Å²) in [4.78, 5) is 16.3. The molecular formula is C20H30N2O3. The maximum Gasteiger partial charge on any atom is 0.410 e. The number of likely N-dealkylation sites (tertiary alicyclic amines) is 1. The summed E-state index contributed by atoms with van der Waals surface area (Å²) in [6, 6.07) is 6.15. The van der Waals surface area contributed by atoms with Crippen LogP contribution in [0.25, 0.3) is 0 Å². The Morgan fingerprint density at radius 2 is 1.88 bits per heavy atom. The van der Waals surface area contributed by atoms with Crippen LogP contribution in [0.15, 0.2) is 18.2 Å². The van der Waals surface area contributed by atoms with Crippen LogP contribution in [0.3, 0.4) is 0 Å². The van der Waals surface area contributed by atoms with E-state index < -0.39 is 0 Å². The minimum atomic E-state index is -0.192. The molecule has 0 radical (unpaired) electrons.